The number of nitrogens with zero attached hydrogens (tertiary/aromatic N) is 4. The summed E-state index contributed by atoms with van der Waals surface area (Å²) in [4.78, 5) is 8.84. The van der Waals surface area contributed by atoms with E-state index in [1.165, 1.54) is 11.1 Å². The molecule has 0 spiro atoms. The number of thioether (sulfide) groups is 1. The number of anilines is 1. The van der Waals surface area contributed by atoms with E-state index in [1.807, 2.05) is 30.1 Å². The van der Waals surface area contributed by atoms with Crippen LogP contribution in [0.15, 0.2) is 60.1 Å². The van der Waals surface area contributed by atoms with Crippen LogP contribution in [-0.2, 0) is 12.3 Å². The van der Waals surface area contributed by atoms with E-state index >= 15 is 0 Å². The molecular weight excluding hydrogens is 306 g/mol. The lowest BCUT2D eigenvalue weighted by Gasteiger charge is -2.07. The van der Waals surface area contributed by atoms with Gasteiger partial charge >= 0.3 is 0 Å². The standard InChI is InChI=1S/C17H19N5S/c1-14-9-20-22(12-14)8-7-19-16-10-18-11-17(21-16)23-13-15-5-3-2-4-6-15/h2-6,9-12H,7-8,13H2,1H3,(H,19,21). The lowest BCUT2D eigenvalue weighted by molar-refractivity contribution is 0.636. The monoisotopic (exact) mass is 325 g/mol. The van der Waals surface area contributed by atoms with Crippen LogP contribution in [0, 0.1) is 6.92 Å². The van der Waals surface area contributed by atoms with Crippen molar-refractivity contribution >= 4 is 17.6 Å². The molecule has 0 amide bonds. The SMILES string of the molecule is Cc1cnn(CCNc2cncc(SCc3ccccc3)n2)c1. The van der Waals surface area contributed by atoms with Crippen LogP contribution in [-0.4, -0.2) is 26.3 Å². The highest BCUT2D eigenvalue weighted by Gasteiger charge is 2.01. The van der Waals surface area contributed by atoms with Gasteiger partial charge in [0.2, 0.25) is 0 Å². The van der Waals surface area contributed by atoms with Crippen molar-refractivity contribution in [2.75, 3.05) is 11.9 Å². The average Bonchev–Trinajstić information content (AvgIpc) is 3.00. The third kappa shape index (κ3) is 4.82. The van der Waals surface area contributed by atoms with E-state index in [0.717, 1.165) is 29.7 Å². The molecule has 0 unspecified atom stereocenters. The Morgan fingerprint density at radius 2 is 2.00 bits per heavy atom. The number of aryl methyl sites for hydroxylation is 1. The van der Waals surface area contributed by atoms with Crippen LogP contribution < -0.4 is 5.32 Å². The molecule has 0 radical (unpaired) electrons. The maximum Gasteiger partial charge on any atom is 0.145 e. The van der Waals surface area contributed by atoms with Gasteiger partial charge < -0.3 is 5.32 Å². The molecule has 0 atom stereocenters. The molecule has 6 heteroatoms. The largest absolute Gasteiger partial charge is 0.367 e. The quantitative estimate of drug-likeness (QED) is 0.675. The minimum Gasteiger partial charge on any atom is -0.367 e. The highest BCUT2D eigenvalue weighted by molar-refractivity contribution is 7.98. The molecule has 0 aliphatic rings. The van der Waals surface area contributed by atoms with Gasteiger partial charge in [0.05, 0.1) is 25.1 Å². The van der Waals surface area contributed by atoms with Gasteiger partial charge in [-0.25, -0.2) is 4.98 Å². The van der Waals surface area contributed by atoms with E-state index in [1.54, 1.807) is 24.2 Å². The molecule has 118 valence electrons. The molecule has 0 aliphatic heterocycles. The van der Waals surface area contributed by atoms with Crippen molar-refractivity contribution in [2.24, 2.45) is 0 Å². The van der Waals surface area contributed by atoms with Crippen molar-refractivity contribution in [1.82, 2.24) is 19.7 Å². The summed E-state index contributed by atoms with van der Waals surface area (Å²) in [5, 5.41) is 8.48. The summed E-state index contributed by atoms with van der Waals surface area (Å²) >= 11 is 1.69. The van der Waals surface area contributed by atoms with Crippen LogP contribution in [0.5, 0.6) is 0 Å². The van der Waals surface area contributed by atoms with Crippen LogP contribution >= 0.6 is 11.8 Å². The predicted molar refractivity (Wildman–Crippen MR) is 93.5 cm³/mol. The van der Waals surface area contributed by atoms with Gasteiger partial charge in [0.1, 0.15) is 10.8 Å². The third-order valence-electron chi connectivity index (χ3n) is 3.25. The molecule has 2 aromatic heterocycles. The fraction of sp³-hybridized carbons (Fsp3) is 0.235. The van der Waals surface area contributed by atoms with Gasteiger partial charge in [0.25, 0.3) is 0 Å². The summed E-state index contributed by atoms with van der Waals surface area (Å²) in [5.74, 6) is 1.69. The minimum absolute atomic E-state index is 0.766. The van der Waals surface area contributed by atoms with E-state index in [9.17, 15) is 0 Å². The fourth-order valence-corrected chi connectivity index (χ4v) is 2.93. The van der Waals surface area contributed by atoms with E-state index in [2.05, 4.69) is 44.6 Å². The maximum atomic E-state index is 4.58. The Kier molecular flexibility index (Phi) is 5.26. The van der Waals surface area contributed by atoms with Gasteiger partial charge in [-0.05, 0) is 18.1 Å². The normalized spacial score (nSPS) is 10.7. The fourth-order valence-electron chi connectivity index (χ4n) is 2.12. The topological polar surface area (TPSA) is 55.6 Å². The van der Waals surface area contributed by atoms with Crippen LogP contribution in [0.2, 0.25) is 0 Å². The van der Waals surface area contributed by atoms with Crippen molar-refractivity contribution in [2.45, 2.75) is 24.2 Å². The van der Waals surface area contributed by atoms with E-state index < -0.39 is 0 Å². The number of aromatic nitrogens is 4. The second-order valence-electron chi connectivity index (χ2n) is 5.22. The molecule has 0 aliphatic carbocycles. The molecule has 2 heterocycles. The molecule has 0 bridgehead atoms. The molecule has 1 aromatic carbocycles. The van der Waals surface area contributed by atoms with Gasteiger partial charge in [-0.3, -0.25) is 9.67 Å². The lowest BCUT2D eigenvalue weighted by atomic mass is 10.2. The second kappa shape index (κ2) is 7.78. The van der Waals surface area contributed by atoms with Crippen molar-refractivity contribution in [3.05, 3.63) is 66.2 Å². The van der Waals surface area contributed by atoms with Crippen LogP contribution in [0.4, 0.5) is 5.82 Å². The Hall–Kier alpha value is -2.34. The Morgan fingerprint density at radius 1 is 1.13 bits per heavy atom. The second-order valence-corrected chi connectivity index (χ2v) is 6.22. The summed E-state index contributed by atoms with van der Waals surface area (Å²) in [6.07, 6.45) is 7.44. The van der Waals surface area contributed by atoms with Crippen molar-refractivity contribution in [3.8, 4) is 0 Å². The summed E-state index contributed by atoms with van der Waals surface area (Å²) in [5.41, 5.74) is 2.45. The summed E-state index contributed by atoms with van der Waals surface area (Å²) in [6, 6.07) is 10.4. The molecule has 23 heavy (non-hydrogen) atoms. The molecule has 0 saturated heterocycles. The Labute approximate surface area is 140 Å². The predicted octanol–water partition coefficient (Wildman–Crippen LogP) is 3.39. The molecule has 3 rings (SSSR count). The summed E-state index contributed by atoms with van der Waals surface area (Å²) in [7, 11) is 0. The molecule has 0 saturated carbocycles. The zero-order valence-corrected chi connectivity index (χ0v) is 13.8. The number of rotatable bonds is 7. The smallest absolute Gasteiger partial charge is 0.145 e. The van der Waals surface area contributed by atoms with Crippen LogP contribution in [0.3, 0.4) is 0 Å². The van der Waals surface area contributed by atoms with Gasteiger partial charge in [0, 0.05) is 18.5 Å². The lowest BCUT2D eigenvalue weighted by Crippen LogP contribution is -2.12. The van der Waals surface area contributed by atoms with Gasteiger partial charge in [-0.1, -0.05) is 30.3 Å². The number of hydrogen-bond acceptors (Lipinski definition) is 5. The summed E-state index contributed by atoms with van der Waals surface area (Å²) < 4.78 is 1.92. The number of nitrogens with one attached hydrogen (secondary N) is 1. The summed E-state index contributed by atoms with van der Waals surface area (Å²) in [6.45, 7) is 3.61. The Balaban J connectivity index is 1.50. The van der Waals surface area contributed by atoms with E-state index in [-0.39, 0.29) is 0 Å². The molecule has 0 fully saturated rings. The third-order valence-corrected chi connectivity index (χ3v) is 4.22. The number of hydrogen-bond donors (Lipinski definition) is 1. The van der Waals surface area contributed by atoms with Gasteiger partial charge in [0.15, 0.2) is 0 Å². The highest BCUT2D eigenvalue weighted by atomic mass is 32.2. The van der Waals surface area contributed by atoms with Crippen molar-refractivity contribution in [3.63, 3.8) is 0 Å². The first-order valence-electron chi connectivity index (χ1n) is 7.51. The minimum atomic E-state index is 0.766. The first-order chi connectivity index (χ1) is 11.3. The molecule has 5 nitrogen and oxygen atoms in total. The van der Waals surface area contributed by atoms with Crippen LogP contribution in [0.1, 0.15) is 11.1 Å². The van der Waals surface area contributed by atoms with Crippen LogP contribution in [0.25, 0.3) is 0 Å². The zero-order valence-electron chi connectivity index (χ0n) is 13.0. The maximum absolute atomic E-state index is 4.58. The first-order valence-corrected chi connectivity index (χ1v) is 8.50. The Bertz CT molecular complexity index is 742. The zero-order chi connectivity index (χ0) is 15.9. The van der Waals surface area contributed by atoms with Crippen molar-refractivity contribution in [1.29, 1.82) is 0 Å². The average molecular weight is 325 g/mol. The molecular formula is C17H19N5S. The highest BCUT2D eigenvalue weighted by Crippen LogP contribution is 2.20. The molecule has 3 aromatic rings. The number of benzene rings is 1. The Morgan fingerprint density at radius 3 is 2.78 bits per heavy atom. The van der Waals surface area contributed by atoms with Gasteiger partial charge in [-0.2, -0.15) is 5.10 Å². The van der Waals surface area contributed by atoms with E-state index in [0.29, 0.717) is 0 Å². The van der Waals surface area contributed by atoms with E-state index in [4.69, 9.17) is 0 Å². The molecule has 1 N–H and O–H groups in total. The first kappa shape index (κ1) is 15.6. The van der Waals surface area contributed by atoms with Gasteiger partial charge in [-0.15, -0.1) is 11.8 Å². The van der Waals surface area contributed by atoms with Crippen molar-refractivity contribution < 1.29 is 0 Å².